The summed E-state index contributed by atoms with van der Waals surface area (Å²) in [5.74, 6) is 1.87. The monoisotopic (exact) mass is 183 g/mol. The van der Waals surface area contributed by atoms with Crippen molar-refractivity contribution in [2.45, 2.75) is 47.0 Å². The van der Waals surface area contributed by atoms with Gasteiger partial charge in [-0.25, -0.2) is 0 Å². The van der Waals surface area contributed by atoms with Gasteiger partial charge in [0.05, 0.1) is 0 Å². The topological polar surface area (TPSA) is 12.0 Å². The van der Waals surface area contributed by atoms with Crippen LogP contribution in [0.1, 0.15) is 47.0 Å². The normalized spacial score (nSPS) is 29.5. The van der Waals surface area contributed by atoms with Crippen LogP contribution < -0.4 is 5.32 Å². The molecule has 1 rings (SSSR count). The molecule has 0 radical (unpaired) electrons. The average molecular weight is 183 g/mol. The molecule has 1 saturated carbocycles. The standard InChI is InChI=1S/C12H25N/c1-5-13-9-10-7-6-8-11(10)12(2,3)4/h10-11,13H,5-9H2,1-4H3. The van der Waals surface area contributed by atoms with Gasteiger partial charge in [0.1, 0.15) is 0 Å². The van der Waals surface area contributed by atoms with E-state index in [0.29, 0.717) is 5.41 Å². The lowest BCUT2D eigenvalue weighted by Gasteiger charge is -2.32. The van der Waals surface area contributed by atoms with Crippen LogP contribution in [0, 0.1) is 17.3 Å². The van der Waals surface area contributed by atoms with E-state index in [-0.39, 0.29) is 0 Å². The molecule has 0 heterocycles. The van der Waals surface area contributed by atoms with E-state index in [1.165, 1.54) is 25.8 Å². The van der Waals surface area contributed by atoms with E-state index in [4.69, 9.17) is 0 Å². The first-order valence-electron chi connectivity index (χ1n) is 5.76. The molecule has 0 bridgehead atoms. The van der Waals surface area contributed by atoms with Crippen LogP contribution in [0.15, 0.2) is 0 Å². The zero-order valence-corrected chi connectivity index (χ0v) is 9.69. The Hall–Kier alpha value is -0.0400. The highest BCUT2D eigenvalue weighted by Crippen LogP contribution is 2.42. The summed E-state index contributed by atoms with van der Waals surface area (Å²) in [7, 11) is 0. The lowest BCUT2D eigenvalue weighted by molar-refractivity contribution is 0.183. The van der Waals surface area contributed by atoms with Crippen LogP contribution in [0.2, 0.25) is 0 Å². The minimum atomic E-state index is 0.511. The molecule has 1 heteroatoms. The SMILES string of the molecule is CCNCC1CCCC1C(C)(C)C. The van der Waals surface area contributed by atoms with E-state index in [1.54, 1.807) is 0 Å². The predicted octanol–water partition coefficient (Wildman–Crippen LogP) is 3.06. The third kappa shape index (κ3) is 2.98. The van der Waals surface area contributed by atoms with Gasteiger partial charge >= 0.3 is 0 Å². The van der Waals surface area contributed by atoms with Crippen molar-refractivity contribution < 1.29 is 0 Å². The molecule has 0 aromatic rings. The predicted molar refractivity (Wildman–Crippen MR) is 58.8 cm³/mol. The van der Waals surface area contributed by atoms with Gasteiger partial charge in [-0.15, -0.1) is 0 Å². The summed E-state index contributed by atoms with van der Waals surface area (Å²) in [4.78, 5) is 0. The molecule has 1 fully saturated rings. The number of hydrogen-bond acceptors (Lipinski definition) is 1. The highest BCUT2D eigenvalue weighted by atomic mass is 14.8. The second-order valence-electron chi connectivity index (χ2n) is 5.47. The van der Waals surface area contributed by atoms with Crippen molar-refractivity contribution >= 4 is 0 Å². The molecule has 0 aromatic carbocycles. The fourth-order valence-electron chi connectivity index (χ4n) is 2.75. The first kappa shape index (κ1) is 11.0. The molecule has 1 aliphatic carbocycles. The van der Waals surface area contributed by atoms with Crippen LogP contribution in [-0.4, -0.2) is 13.1 Å². The zero-order valence-electron chi connectivity index (χ0n) is 9.69. The summed E-state index contributed by atoms with van der Waals surface area (Å²) in [6.07, 6.45) is 4.33. The Kier molecular flexibility index (Phi) is 3.78. The maximum absolute atomic E-state index is 3.49. The Morgan fingerprint density at radius 1 is 1.23 bits per heavy atom. The Bertz CT molecular complexity index is 146. The molecule has 78 valence electrons. The van der Waals surface area contributed by atoms with Crippen LogP contribution in [0.3, 0.4) is 0 Å². The van der Waals surface area contributed by atoms with E-state index in [2.05, 4.69) is 33.0 Å². The third-order valence-corrected chi connectivity index (χ3v) is 3.43. The molecular formula is C12H25N. The summed E-state index contributed by atoms with van der Waals surface area (Å²) >= 11 is 0. The average Bonchev–Trinajstić information content (AvgIpc) is 2.47. The molecular weight excluding hydrogens is 158 g/mol. The first-order chi connectivity index (χ1) is 6.05. The Labute approximate surface area is 83.3 Å². The van der Waals surface area contributed by atoms with Gasteiger partial charge in [-0.05, 0) is 43.2 Å². The van der Waals surface area contributed by atoms with Crippen molar-refractivity contribution in [1.29, 1.82) is 0 Å². The largest absolute Gasteiger partial charge is 0.317 e. The Morgan fingerprint density at radius 2 is 1.92 bits per heavy atom. The number of nitrogens with one attached hydrogen (secondary N) is 1. The molecule has 2 unspecified atom stereocenters. The summed E-state index contributed by atoms with van der Waals surface area (Å²) < 4.78 is 0. The molecule has 1 N–H and O–H groups in total. The van der Waals surface area contributed by atoms with Crippen molar-refractivity contribution in [3.63, 3.8) is 0 Å². The van der Waals surface area contributed by atoms with Gasteiger partial charge in [-0.2, -0.15) is 0 Å². The molecule has 1 aliphatic rings. The van der Waals surface area contributed by atoms with Crippen LogP contribution in [0.5, 0.6) is 0 Å². The summed E-state index contributed by atoms with van der Waals surface area (Å²) in [6, 6.07) is 0. The molecule has 13 heavy (non-hydrogen) atoms. The highest BCUT2D eigenvalue weighted by Gasteiger charge is 2.35. The maximum atomic E-state index is 3.49. The third-order valence-electron chi connectivity index (χ3n) is 3.43. The molecule has 0 aromatic heterocycles. The molecule has 1 nitrogen and oxygen atoms in total. The van der Waals surface area contributed by atoms with E-state index >= 15 is 0 Å². The Morgan fingerprint density at radius 3 is 2.46 bits per heavy atom. The van der Waals surface area contributed by atoms with Crippen molar-refractivity contribution in [3.05, 3.63) is 0 Å². The van der Waals surface area contributed by atoms with Crippen LogP contribution in [0.25, 0.3) is 0 Å². The molecule has 0 saturated heterocycles. The van der Waals surface area contributed by atoms with Gasteiger partial charge in [0.2, 0.25) is 0 Å². The van der Waals surface area contributed by atoms with Crippen molar-refractivity contribution in [1.82, 2.24) is 5.32 Å². The van der Waals surface area contributed by atoms with Crippen LogP contribution in [-0.2, 0) is 0 Å². The quantitative estimate of drug-likeness (QED) is 0.709. The van der Waals surface area contributed by atoms with Crippen molar-refractivity contribution in [3.8, 4) is 0 Å². The van der Waals surface area contributed by atoms with E-state index in [0.717, 1.165) is 18.4 Å². The van der Waals surface area contributed by atoms with Gasteiger partial charge in [-0.3, -0.25) is 0 Å². The minimum Gasteiger partial charge on any atom is -0.317 e. The van der Waals surface area contributed by atoms with Crippen LogP contribution >= 0.6 is 0 Å². The van der Waals surface area contributed by atoms with Gasteiger partial charge in [0.15, 0.2) is 0 Å². The van der Waals surface area contributed by atoms with Gasteiger partial charge in [-0.1, -0.05) is 34.1 Å². The maximum Gasteiger partial charge on any atom is -0.00178 e. The number of hydrogen-bond donors (Lipinski definition) is 1. The lowest BCUT2D eigenvalue weighted by Crippen LogP contribution is -2.31. The van der Waals surface area contributed by atoms with E-state index in [9.17, 15) is 0 Å². The zero-order chi connectivity index (χ0) is 9.90. The second kappa shape index (κ2) is 4.45. The second-order valence-corrected chi connectivity index (χ2v) is 5.47. The van der Waals surface area contributed by atoms with E-state index < -0.39 is 0 Å². The Balaban J connectivity index is 2.44. The molecule has 0 aliphatic heterocycles. The lowest BCUT2D eigenvalue weighted by atomic mass is 9.75. The van der Waals surface area contributed by atoms with Gasteiger partial charge < -0.3 is 5.32 Å². The first-order valence-corrected chi connectivity index (χ1v) is 5.76. The van der Waals surface area contributed by atoms with Crippen LogP contribution in [0.4, 0.5) is 0 Å². The summed E-state index contributed by atoms with van der Waals surface area (Å²) in [6.45, 7) is 11.7. The fourth-order valence-corrected chi connectivity index (χ4v) is 2.75. The molecule has 0 amide bonds. The van der Waals surface area contributed by atoms with E-state index in [1.807, 2.05) is 0 Å². The van der Waals surface area contributed by atoms with Gasteiger partial charge in [0.25, 0.3) is 0 Å². The molecule has 2 atom stereocenters. The highest BCUT2D eigenvalue weighted by molar-refractivity contribution is 4.86. The fraction of sp³-hybridized carbons (Fsp3) is 1.00. The number of rotatable bonds is 3. The van der Waals surface area contributed by atoms with Crippen molar-refractivity contribution in [2.75, 3.05) is 13.1 Å². The van der Waals surface area contributed by atoms with Crippen molar-refractivity contribution in [2.24, 2.45) is 17.3 Å². The van der Waals surface area contributed by atoms with Gasteiger partial charge in [0, 0.05) is 0 Å². The minimum absolute atomic E-state index is 0.511. The summed E-state index contributed by atoms with van der Waals surface area (Å²) in [5, 5.41) is 3.49. The summed E-state index contributed by atoms with van der Waals surface area (Å²) in [5.41, 5.74) is 0.511. The smallest absolute Gasteiger partial charge is 0.00178 e. The molecule has 0 spiro atoms.